The molecule has 1 aliphatic heterocycles. The van der Waals surface area contributed by atoms with Crippen LogP contribution in [0.25, 0.3) is 11.4 Å². The van der Waals surface area contributed by atoms with Crippen molar-refractivity contribution in [3.63, 3.8) is 0 Å². The van der Waals surface area contributed by atoms with Gasteiger partial charge in [0.05, 0.1) is 5.92 Å². The van der Waals surface area contributed by atoms with Crippen molar-refractivity contribution in [2.45, 2.75) is 32.1 Å². The second-order valence-corrected chi connectivity index (χ2v) is 5.93. The van der Waals surface area contributed by atoms with Gasteiger partial charge < -0.3 is 9.42 Å². The molecule has 1 aliphatic rings. The van der Waals surface area contributed by atoms with E-state index in [1.54, 1.807) is 12.1 Å². The van der Waals surface area contributed by atoms with Gasteiger partial charge in [0.15, 0.2) is 0 Å². The smallest absolute Gasteiger partial charge is 0.231 e. The van der Waals surface area contributed by atoms with Crippen molar-refractivity contribution in [1.29, 1.82) is 0 Å². The Morgan fingerprint density at radius 1 is 1.41 bits per heavy atom. The van der Waals surface area contributed by atoms with Crippen molar-refractivity contribution in [3.05, 3.63) is 35.2 Å². The lowest BCUT2D eigenvalue weighted by molar-refractivity contribution is -0.132. The van der Waals surface area contributed by atoms with Gasteiger partial charge in [-0.1, -0.05) is 23.7 Å². The van der Waals surface area contributed by atoms with Gasteiger partial charge in [-0.2, -0.15) is 4.98 Å². The molecular formula is C16H18ClN3O2. The highest BCUT2D eigenvalue weighted by molar-refractivity contribution is 6.30. The minimum absolute atomic E-state index is 0.123. The van der Waals surface area contributed by atoms with E-state index in [9.17, 15) is 4.79 Å². The zero-order valence-corrected chi connectivity index (χ0v) is 13.2. The van der Waals surface area contributed by atoms with Gasteiger partial charge in [-0.05, 0) is 37.1 Å². The van der Waals surface area contributed by atoms with Crippen molar-refractivity contribution in [1.82, 2.24) is 15.0 Å². The molecule has 6 heteroatoms. The third kappa shape index (κ3) is 3.14. The Kier molecular flexibility index (Phi) is 4.43. The lowest BCUT2D eigenvalue weighted by Crippen LogP contribution is -2.38. The molecule has 0 spiro atoms. The third-order valence-electron chi connectivity index (χ3n) is 3.97. The number of nitrogens with zero attached hydrogens (tertiary/aromatic N) is 3. The Morgan fingerprint density at radius 2 is 2.18 bits per heavy atom. The van der Waals surface area contributed by atoms with Gasteiger partial charge in [0.1, 0.15) is 0 Å². The third-order valence-corrected chi connectivity index (χ3v) is 4.22. The van der Waals surface area contributed by atoms with E-state index in [0.29, 0.717) is 29.7 Å². The quantitative estimate of drug-likeness (QED) is 0.868. The summed E-state index contributed by atoms with van der Waals surface area (Å²) in [5, 5.41) is 4.72. The average Bonchev–Trinajstić information content (AvgIpc) is 3.05. The van der Waals surface area contributed by atoms with Crippen molar-refractivity contribution in [2.75, 3.05) is 13.1 Å². The van der Waals surface area contributed by atoms with Gasteiger partial charge in [0.25, 0.3) is 0 Å². The van der Waals surface area contributed by atoms with Crippen LogP contribution in [0.4, 0.5) is 0 Å². The molecule has 2 aromatic rings. The lowest BCUT2D eigenvalue weighted by Gasteiger charge is -2.30. The predicted octanol–water partition coefficient (Wildman–Crippen LogP) is 3.51. The number of hydrogen-bond acceptors (Lipinski definition) is 4. The fourth-order valence-electron chi connectivity index (χ4n) is 2.75. The number of piperidine rings is 1. The van der Waals surface area contributed by atoms with Gasteiger partial charge in [0, 0.05) is 30.1 Å². The number of halogens is 1. The molecule has 5 nitrogen and oxygen atoms in total. The molecule has 1 atom stereocenters. The van der Waals surface area contributed by atoms with E-state index in [1.165, 1.54) is 0 Å². The van der Waals surface area contributed by atoms with Crippen LogP contribution in [0, 0.1) is 0 Å². The Bertz CT molecular complexity index is 654. The van der Waals surface area contributed by atoms with Crippen LogP contribution < -0.4 is 0 Å². The number of benzene rings is 1. The summed E-state index contributed by atoms with van der Waals surface area (Å²) in [6.07, 6.45) is 2.47. The van der Waals surface area contributed by atoms with E-state index in [0.717, 1.165) is 24.9 Å². The maximum atomic E-state index is 11.8. The second-order valence-electron chi connectivity index (χ2n) is 5.50. The molecule has 1 unspecified atom stereocenters. The molecule has 116 valence electrons. The summed E-state index contributed by atoms with van der Waals surface area (Å²) < 4.78 is 5.42. The molecule has 0 bridgehead atoms. The molecule has 0 aliphatic carbocycles. The van der Waals surface area contributed by atoms with Crippen LogP contribution in [-0.4, -0.2) is 34.0 Å². The van der Waals surface area contributed by atoms with E-state index in [1.807, 2.05) is 24.0 Å². The number of rotatable bonds is 3. The van der Waals surface area contributed by atoms with Gasteiger partial charge in [-0.25, -0.2) is 0 Å². The Hall–Kier alpha value is -1.88. The fourth-order valence-corrected chi connectivity index (χ4v) is 2.87. The summed E-state index contributed by atoms with van der Waals surface area (Å²) in [4.78, 5) is 18.2. The monoisotopic (exact) mass is 319 g/mol. The molecule has 1 fully saturated rings. The molecule has 22 heavy (non-hydrogen) atoms. The van der Waals surface area contributed by atoms with E-state index < -0.39 is 0 Å². The first-order valence-corrected chi connectivity index (χ1v) is 7.92. The molecule has 0 radical (unpaired) electrons. The molecule has 1 aromatic carbocycles. The van der Waals surface area contributed by atoms with Crippen LogP contribution in [0.2, 0.25) is 5.02 Å². The minimum Gasteiger partial charge on any atom is -0.342 e. The first-order chi connectivity index (χ1) is 10.7. The summed E-state index contributed by atoms with van der Waals surface area (Å²) in [5.74, 6) is 1.48. The number of aromatic nitrogens is 2. The number of amides is 1. The average molecular weight is 320 g/mol. The zero-order chi connectivity index (χ0) is 15.5. The lowest BCUT2D eigenvalue weighted by atomic mass is 9.97. The van der Waals surface area contributed by atoms with Crippen LogP contribution in [0.5, 0.6) is 0 Å². The van der Waals surface area contributed by atoms with E-state index in [4.69, 9.17) is 16.1 Å². The molecule has 2 heterocycles. The molecule has 1 amide bonds. The van der Waals surface area contributed by atoms with Crippen molar-refractivity contribution in [3.8, 4) is 11.4 Å². The fraction of sp³-hybridized carbons (Fsp3) is 0.438. The SMILES string of the molecule is CCC(=O)N1CCCC(c2nc(-c3ccc(Cl)cc3)no2)C1. The first kappa shape index (κ1) is 15.0. The highest BCUT2D eigenvalue weighted by Crippen LogP contribution is 2.28. The highest BCUT2D eigenvalue weighted by Gasteiger charge is 2.28. The zero-order valence-electron chi connectivity index (χ0n) is 12.5. The van der Waals surface area contributed by atoms with Gasteiger partial charge in [0.2, 0.25) is 17.6 Å². The van der Waals surface area contributed by atoms with Crippen LogP contribution in [0.1, 0.15) is 38.0 Å². The topological polar surface area (TPSA) is 59.2 Å². The maximum absolute atomic E-state index is 11.8. The highest BCUT2D eigenvalue weighted by atomic mass is 35.5. The van der Waals surface area contributed by atoms with E-state index in [2.05, 4.69) is 10.1 Å². The van der Waals surface area contributed by atoms with Crippen molar-refractivity contribution < 1.29 is 9.32 Å². The van der Waals surface area contributed by atoms with Gasteiger partial charge in [-0.3, -0.25) is 4.79 Å². The summed E-state index contributed by atoms with van der Waals surface area (Å²) >= 11 is 5.88. The first-order valence-electron chi connectivity index (χ1n) is 7.54. The standard InChI is InChI=1S/C16H18ClN3O2/c1-2-14(21)20-9-3-4-12(10-20)16-18-15(19-22-16)11-5-7-13(17)8-6-11/h5-8,12H,2-4,9-10H2,1H3. The van der Waals surface area contributed by atoms with Crippen molar-refractivity contribution in [2.24, 2.45) is 0 Å². The number of carbonyl (C=O) groups is 1. The van der Waals surface area contributed by atoms with Crippen LogP contribution in [-0.2, 0) is 4.79 Å². The van der Waals surface area contributed by atoms with Gasteiger partial charge >= 0.3 is 0 Å². The summed E-state index contributed by atoms with van der Waals surface area (Å²) in [5.41, 5.74) is 0.872. The number of hydrogen-bond donors (Lipinski definition) is 0. The Balaban J connectivity index is 1.75. The molecule has 0 saturated carbocycles. The molecule has 1 saturated heterocycles. The summed E-state index contributed by atoms with van der Waals surface area (Å²) in [6, 6.07) is 7.33. The van der Waals surface area contributed by atoms with Crippen LogP contribution >= 0.6 is 11.6 Å². The molecule has 3 rings (SSSR count). The Labute approximate surface area is 134 Å². The number of likely N-dealkylation sites (tertiary alicyclic amines) is 1. The predicted molar refractivity (Wildman–Crippen MR) is 83.6 cm³/mol. The van der Waals surface area contributed by atoms with Crippen molar-refractivity contribution >= 4 is 17.5 Å². The molecule has 1 aromatic heterocycles. The van der Waals surface area contributed by atoms with Gasteiger partial charge in [-0.15, -0.1) is 0 Å². The van der Waals surface area contributed by atoms with E-state index in [-0.39, 0.29) is 11.8 Å². The molecule has 0 N–H and O–H groups in total. The van der Waals surface area contributed by atoms with Crippen LogP contribution in [0.15, 0.2) is 28.8 Å². The minimum atomic E-state index is 0.123. The maximum Gasteiger partial charge on any atom is 0.231 e. The summed E-state index contributed by atoms with van der Waals surface area (Å²) in [6.45, 7) is 3.37. The second kappa shape index (κ2) is 6.48. The normalized spacial score (nSPS) is 18.5. The largest absolute Gasteiger partial charge is 0.342 e. The Morgan fingerprint density at radius 3 is 2.91 bits per heavy atom. The summed E-state index contributed by atoms with van der Waals surface area (Å²) in [7, 11) is 0. The molecular weight excluding hydrogens is 302 g/mol. The number of carbonyl (C=O) groups excluding carboxylic acids is 1. The van der Waals surface area contributed by atoms with Crippen LogP contribution in [0.3, 0.4) is 0 Å². The van der Waals surface area contributed by atoms with E-state index >= 15 is 0 Å².